The summed E-state index contributed by atoms with van der Waals surface area (Å²) < 4.78 is 6.48. The highest BCUT2D eigenvalue weighted by Gasteiger charge is 2.30. The maximum atomic E-state index is 11.2. The van der Waals surface area contributed by atoms with Gasteiger partial charge in [0.25, 0.3) is 5.91 Å². The summed E-state index contributed by atoms with van der Waals surface area (Å²) in [5.74, 6) is 5.60. The minimum absolute atomic E-state index is 0.0937. The van der Waals surface area contributed by atoms with Crippen LogP contribution in [-0.4, -0.2) is 34.1 Å². The normalized spacial score (nSPS) is 24.6. The van der Waals surface area contributed by atoms with E-state index in [1.165, 1.54) is 11.3 Å². The van der Waals surface area contributed by atoms with E-state index in [1.807, 2.05) is 0 Å². The van der Waals surface area contributed by atoms with Gasteiger partial charge in [-0.1, -0.05) is 23.1 Å². The topological polar surface area (TPSA) is 90.1 Å². The molecule has 1 aliphatic heterocycles. The van der Waals surface area contributed by atoms with E-state index < -0.39 is 6.10 Å². The molecule has 3 N–H and O–H groups in total. The van der Waals surface area contributed by atoms with Gasteiger partial charge in [0.15, 0.2) is 4.34 Å². The summed E-state index contributed by atoms with van der Waals surface area (Å²) in [6.45, 7) is 0. The largest absolute Gasteiger partial charge is 0.364 e. The lowest BCUT2D eigenvalue weighted by Crippen LogP contribution is -2.39. The minimum Gasteiger partial charge on any atom is -0.364 e. The number of ether oxygens (including phenoxy) is 1. The molecule has 0 spiro atoms. The number of rotatable bonds is 4. The molecule has 1 amide bonds. The predicted molar refractivity (Wildman–Crippen MR) is 60.9 cm³/mol. The Morgan fingerprint density at radius 1 is 1.75 bits per heavy atom. The quantitative estimate of drug-likeness (QED) is 0.347. The molecular weight excluding hydrogens is 248 g/mol. The zero-order chi connectivity index (χ0) is 11.4. The lowest BCUT2D eigenvalue weighted by atomic mass is 10.2. The van der Waals surface area contributed by atoms with Crippen LogP contribution in [0.5, 0.6) is 0 Å². The third kappa shape index (κ3) is 2.91. The SMILES string of the molecule is NNC(=O)C1CCC(CSc2nncs2)O1. The molecule has 1 saturated heterocycles. The summed E-state index contributed by atoms with van der Waals surface area (Å²) >= 11 is 3.11. The summed E-state index contributed by atoms with van der Waals surface area (Å²) in [5.41, 5.74) is 3.80. The van der Waals surface area contributed by atoms with Crippen LogP contribution in [0, 0.1) is 0 Å². The number of aromatic nitrogens is 2. The van der Waals surface area contributed by atoms with Gasteiger partial charge in [0, 0.05) is 5.75 Å². The van der Waals surface area contributed by atoms with Gasteiger partial charge in [0.05, 0.1) is 6.10 Å². The summed E-state index contributed by atoms with van der Waals surface area (Å²) in [7, 11) is 0. The fourth-order valence-corrected chi connectivity index (χ4v) is 3.07. The fraction of sp³-hybridized carbons (Fsp3) is 0.625. The number of nitrogens with two attached hydrogens (primary N) is 1. The summed E-state index contributed by atoms with van der Waals surface area (Å²) in [4.78, 5) is 11.2. The highest BCUT2D eigenvalue weighted by Crippen LogP contribution is 2.27. The van der Waals surface area contributed by atoms with E-state index in [2.05, 4.69) is 15.6 Å². The van der Waals surface area contributed by atoms with Crippen molar-refractivity contribution in [2.45, 2.75) is 29.4 Å². The Kier molecular flexibility index (Phi) is 4.10. The number of nitrogens with one attached hydrogen (secondary N) is 1. The summed E-state index contributed by atoms with van der Waals surface area (Å²) in [6.07, 6.45) is 1.30. The van der Waals surface area contributed by atoms with Gasteiger partial charge in [-0.05, 0) is 12.8 Å². The molecule has 1 aromatic heterocycles. The zero-order valence-corrected chi connectivity index (χ0v) is 10.1. The zero-order valence-electron chi connectivity index (χ0n) is 8.46. The average Bonchev–Trinajstić information content (AvgIpc) is 2.96. The van der Waals surface area contributed by atoms with Crippen LogP contribution in [0.1, 0.15) is 12.8 Å². The number of carbonyl (C=O) groups excluding carboxylic acids is 1. The van der Waals surface area contributed by atoms with Crippen LogP contribution in [0.25, 0.3) is 0 Å². The third-order valence-corrected chi connectivity index (χ3v) is 4.27. The van der Waals surface area contributed by atoms with E-state index >= 15 is 0 Å². The Morgan fingerprint density at radius 2 is 2.62 bits per heavy atom. The second-order valence-electron chi connectivity index (χ2n) is 3.35. The molecule has 6 nitrogen and oxygen atoms in total. The van der Waals surface area contributed by atoms with E-state index in [0.29, 0.717) is 0 Å². The highest BCUT2D eigenvalue weighted by molar-refractivity contribution is 8.01. The van der Waals surface area contributed by atoms with Crippen molar-refractivity contribution in [1.82, 2.24) is 15.6 Å². The van der Waals surface area contributed by atoms with Crippen molar-refractivity contribution in [3.63, 3.8) is 0 Å². The molecular formula is C8H12N4O2S2. The summed E-state index contributed by atoms with van der Waals surface area (Å²) in [5, 5.41) is 7.67. The van der Waals surface area contributed by atoms with Crippen molar-refractivity contribution in [2.75, 3.05) is 5.75 Å². The van der Waals surface area contributed by atoms with Crippen molar-refractivity contribution < 1.29 is 9.53 Å². The van der Waals surface area contributed by atoms with Crippen LogP contribution < -0.4 is 11.3 Å². The maximum absolute atomic E-state index is 11.2. The number of hydrogen-bond acceptors (Lipinski definition) is 7. The predicted octanol–water partition coefficient (Wildman–Crippen LogP) is 0.168. The van der Waals surface area contributed by atoms with Crippen LogP contribution in [-0.2, 0) is 9.53 Å². The Balaban J connectivity index is 1.75. The second-order valence-corrected chi connectivity index (χ2v) is 5.45. The van der Waals surface area contributed by atoms with Gasteiger partial charge in [0.1, 0.15) is 11.6 Å². The molecule has 2 rings (SSSR count). The average molecular weight is 260 g/mol. The van der Waals surface area contributed by atoms with Gasteiger partial charge < -0.3 is 4.74 Å². The molecule has 1 aliphatic rings. The van der Waals surface area contributed by atoms with Crippen LogP contribution in [0.4, 0.5) is 0 Å². The van der Waals surface area contributed by atoms with Gasteiger partial charge >= 0.3 is 0 Å². The fourth-order valence-electron chi connectivity index (χ4n) is 1.50. The first-order valence-corrected chi connectivity index (χ1v) is 6.71. The summed E-state index contributed by atoms with van der Waals surface area (Å²) in [6, 6.07) is 0. The molecule has 0 aromatic carbocycles. The van der Waals surface area contributed by atoms with Gasteiger partial charge in [0.2, 0.25) is 0 Å². The number of carbonyl (C=O) groups is 1. The van der Waals surface area contributed by atoms with E-state index in [1.54, 1.807) is 17.3 Å². The van der Waals surface area contributed by atoms with Crippen molar-refractivity contribution in [2.24, 2.45) is 5.84 Å². The molecule has 1 aromatic rings. The minimum atomic E-state index is -0.398. The molecule has 88 valence electrons. The molecule has 16 heavy (non-hydrogen) atoms. The molecule has 2 unspecified atom stereocenters. The number of amides is 1. The number of hydrogen-bond donors (Lipinski definition) is 2. The van der Waals surface area contributed by atoms with Gasteiger partial charge in [-0.15, -0.1) is 10.2 Å². The lowest BCUT2D eigenvalue weighted by molar-refractivity contribution is -0.131. The Hall–Kier alpha value is -0.700. The molecule has 2 atom stereocenters. The highest BCUT2D eigenvalue weighted by atomic mass is 32.2. The first kappa shape index (κ1) is 11.8. The first-order chi connectivity index (χ1) is 7.79. The molecule has 0 radical (unpaired) electrons. The van der Waals surface area contributed by atoms with Crippen LogP contribution in [0.3, 0.4) is 0 Å². The van der Waals surface area contributed by atoms with E-state index in [4.69, 9.17) is 10.6 Å². The third-order valence-electron chi connectivity index (χ3n) is 2.27. The molecule has 0 saturated carbocycles. The van der Waals surface area contributed by atoms with E-state index in [-0.39, 0.29) is 12.0 Å². The van der Waals surface area contributed by atoms with Crippen LogP contribution in [0.2, 0.25) is 0 Å². The van der Waals surface area contributed by atoms with Crippen LogP contribution in [0.15, 0.2) is 9.85 Å². The molecule has 1 fully saturated rings. The number of nitrogens with zero attached hydrogens (tertiary/aromatic N) is 2. The first-order valence-electron chi connectivity index (χ1n) is 4.84. The van der Waals surface area contributed by atoms with Gasteiger partial charge in [-0.3, -0.25) is 10.2 Å². The lowest BCUT2D eigenvalue weighted by Gasteiger charge is -2.11. The van der Waals surface area contributed by atoms with E-state index in [9.17, 15) is 4.79 Å². The van der Waals surface area contributed by atoms with Crippen molar-refractivity contribution in [1.29, 1.82) is 0 Å². The van der Waals surface area contributed by atoms with E-state index in [0.717, 1.165) is 22.9 Å². The van der Waals surface area contributed by atoms with Crippen molar-refractivity contribution >= 4 is 29.0 Å². The molecule has 8 heteroatoms. The maximum Gasteiger partial charge on any atom is 0.263 e. The smallest absolute Gasteiger partial charge is 0.263 e. The standard InChI is InChI=1S/C8H12N4O2S2/c9-11-7(13)6-2-1-5(14-6)3-15-8-12-10-4-16-8/h4-6H,1-3,9H2,(H,11,13). The molecule has 2 heterocycles. The monoisotopic (exact) mass is 260 g/mol. The van der Waals surface area contributed by atoms with Crippen LogP contribution >= 0.6 is 23.1 Å². The van der Waals surface area contributed by atoms with Crippen molar-refractivity contribution in [3.05, 3.63) is 5.51 Å². The van der Waals surface area contributed by atoms with Gasteiger partial charge in [-0.2, -0.15) is 0 Å². The van der Waals surface area contributed by atoms with Gasteiger partial charge in [-0.25, -0.2) is 5.84 Å². The Bertz CT molecular complexity index is 346. The van der Waals surface area contributed by atoms with Crippen molar-refractivity contribution in [3.8, 4) is 0 Å². The molecule has 0 aliphatic carbocycles. The second kappa shape index (κ2) is 5.58. The molecule has 0 bridgehead atoms. The Labute approximate surface area is 101 Å². The number of hydrazine groups is 1. The Morgan fingerprint density at radius 3 is 3.31 bits per heavy atom. The number of thioether (sulfide) groups is 1.